The van der Waals surface area contributed by atoms with Crippen molar-refractivity contribution in [3.8, 4) is 5.88 Å². The number of methoxy groups -OCH3 is 1. The topological polar surface area (TPSA) is 104 Å². The van der Waals surface area contributed by atoms with Crippen LogP contribution in [0.2, 0.25) is 0 Å². The number of halogens is 2. The lowest BCUT2D eigenvalue weighted by atomic mass is 9.86. The van der Waals surface area contributed by atoms with Crippen LogP contribution in [0.25, 0.3) is 11.2 Å². The summed E-state index contributed by atoms with van der Waals surface area (Å²) in [6.45, 7) is 1.54. The molecule has 3 heterocycles. The quantitative estimate of drug-likeness (QED) is 0.526. The summed E-state index contributed by atoms with van der Waals surface area (Å²) in [7, 11) is 1.46. The number of ether oxygens (including phenoxy) is 1. The third-order valence-corrected chi connectivity index (χ3v) is 4.89. The summed E-state index contributed by atoms with van der Waals surface area (Å²) in [5.41, 5.74) is -1.14. The molecule has 150 valence electrons. The van der Waals surface area contributed by atoms with E-state index < -0.39 is 23.3 Å². The molecule has 0 saturated carbocycles. The standard InChI is InChI=1S/C18H17F2N7O2/c1-11(27-10-24-15-16(27)22-8-23-17(15)29-2)18(28,6-26-9-21-7-25-26)13-4-3-12(19)5-14(13)20/h3-5,7-11,28H,6H2,1-2H3/t11-,18-/m1/s1. The summed E-state index contributed by atoms with van der Waals surface area (Å²) in [6, 6.07) is 2.25. The van der Waals surface area contributed by atoms with Crippen LogP contribution < -0.4 is 4.74 Å². The lowest BCUT2D eigenvalue weighted by Crippen LogP contribution is -2.40. The molecular formula is C18H17F2N7O2. The van der Waals surface area contributed by atoms with Crippen LogP contribution in [0.4, 0.5) is 8.78 Å². The zero-order chi connectivity index (χ0) is 20.6. The average molecular weight is 401 g/mol. The van der Waals surface area contributed by atoms with E-state index in [0.717, 1.165) is 12.1 Å². The van der Waals surface area contributed by atoms with E-state index in [-0.39, 0.29) is 18.0 Å². The molecule has 9 nitrogen and oxygen atoms in total. The molecule has 0 unspecified atom stereocenters. The molecule has 3 aromatic heterocycles. The summed E-state index contributed by atoms with van der Waals surface area (Å²) in [5, 5.41) is 15.7. The van der Waals surface area contributed by atoms with Crippen LogP contribution in [0.15, 0.2) is 43.5 Å². The van der Waals surface area contributed by atoms with E-state index in [9.17, 15) is 13.9 Å². The van der Waals surface area contributed by atoms with Crippen molar-refractivity contribution in [3.05, 3.63) is 60.7 Å². The summed E-state index contributed by atoms with van der Waals surface area (Å²) in [6.07, 6.45) is 5.47. The van der Waals surface area contributed by atoms with Gasteiger partial charge >= 0.3 is 0 Å². The lowest BCUT2D eigenvalue weighted by molar-refractivity contribution is -0.0321. The number of rotatable bonds is 6. The van der Waals surface area contributed by atoms with Gasteiger partial charge in [-0.25, -0.2) is 28.4 Å². The van der Waals surface area contributed by atoms with Crippen LogP contribution >= 0.6 is 0 Å². The average Bonchev–Trinajstić information content (AvgIpc) is 3.36. The molecule has 29 heavy (non-hydrogen) atoms. The molecule has 11 heteroatoms. The normalized spacial score (nSPS) is 14.7. The second-order valence-electron chi connectivity index (χ2n) is 6.52. The minimum absolute atomic E-state index is 0.0928. The zero-order valence-corrected chi connectivity index (χ0v) is 15.6. The Kier molecular flexibility index (Phi) is 4.66. The largest absolute Gasteiger partial charge is 0.479 e. The molecule has 0 amide bonds. The Hall–Kier alpha value is -3.47. The van der Waals surface area contributed by atoms with Gasteiger partial charge in [0.2, 0.25) is 5.88 Å². The molecule has 1 N–H and O–H groups in total. The Bertz CT molecular complexity index is 1150. The first-order valence-electron chi connectivity index (χ1n) is 8.66. The van der Waals surface area contributed by atoms with Gasteiger partial charge < -0.3 is 14.4 Å². The minimum Gasteiger partial charge on any atom is -0.479 e. The number of aromatic nitrogens is 7. The van der Waals surface area contributed by atoms with Crippen LogP contribution in [0, 0.1) is 11.6 Å². The number of imidazole rings is 1. The third kappa shape index (κ3) is 3.18. The predicted octanol–water partition coefficient (Wildman–Crippen LogP) is 1.85. The van der Waals surface area contributed by atoms with E-state index in [1.54, 1.807) is 11.5 Å². The Morgan fingerprint density at radius 2 is 2.00 bits per heavy atom. The fourth-order valence-corrected chi connectivity index (χ4v) is 3.34. The van der Waals surface area contributed by atoms with E-state index in [0.29, 0.717) is 11.2 Å². The molecule has 0 aliphatic heterocycles. The molecule has 4 rings (SSSR count). The Labute approximate surface area is 163 Å². The first kappa shape index (κ1) is 18.9. The van der Waals surface area contributed by atoms with Crippen molar-refractivity contribution in [1.82, 2.24) is 34.3 Å². The van der Waals surface area contributed by atoms with E-state index in [2.05, 4.69) is 25.0 Å². The lowest BCUT2D eigenvalue weighted by Gasteiger charge is -2.35. The maximum Gasteiger partial charge on any atom is 0.245 e. The molecule has 1 aromatic carbocycles. The highest BCUT2D eigenvalue weighted by molar-refractivity contribution is 5.76. The van der Waals surface area contributed by atoms with Crippen LogP contribution in [-0.4, -0.2) is 46.5 Å². The van der Waals surface area contributed by atoms with E-state index in [1.807, 2.05) is 0 Å². The number of fused-ring (bicyclic) bond motifs is 1. The third-order valence-electron chi connectivity index (χ3n) is 4.89. The number of nitrogens with zero attached hydrogens (tertiary/aromatic N) is 7. The zero-order valence-electron chi connectivity index (χ0n) is 15.6. The molecule has 0 spiro atoms. The maximum absolute atomic E-state index is 14.7. The van der Waals surface area contributed by atoms with Gasteiger partial charge in [0.05, 0.1) is 26.0 Å². The van der Waals surface area contributed by atoms with Gasteiger partial charge in [-0.1, -0.05) is 6.07 Å². The van der Waals surface area contributed by atoms with Crippen molar-refractivity contribution < 1.29 is 18.6 Å². The van der Waals surface area contributed by atoms with Gasteiger partial charge in [-0.3, -0.25) is 0 Å². The summed E-state index contributed by atoms with van der Waals surface area (Å²) < 4.78 is 36.3. The van der Waals surface area contributed by atoms with Gasteiger partial charge in [0.1, 0.15) is 36.2 Å². The minimum atomic E-state index is -1.84. The summed E-state index contributed by atoms with van der Waals surface area (Å²) in [5.74, 6) is -1.35. The molecule has 0 aliphatic rings. The van der Waals surface area contributed by atoms with E-state index in [1.165, 1.54) is 43.2 Å². The number of hydrogen-bond donors (Lipinski definition) is 1. The van der Waals surface area contributed by atoms with Crippen molar-refractivity contribution in [2.24, 2.45) is 0 Å². The van der Waals surface area contributed by atoms with Gasteiger partial charge in [0.25, 0.3) is 0 Å². The molecule has 4 aromatic rings. The van der Waals surface area contributed by atoms with Crippen LogP contribution in [0.3, 0.4) is 0 Å². The molecule has 2 atom stereocenters. The molecule has 0 saturated heterocycles. The van der Waals surface area contributed by atoms with Crippen LogP contribution in [0.1, 0.15) is 18.5 Å². The molecule has 0 aliphatic carbocycles. The second-order valence-corrected chi connectivity index (χ2v) is 6.52. The van der Waals surface area contributed by atoms with Gasteiger partial charge in [0.15, 0.2) is 11.2 Å². The summed E-state index contributed by atoms with van der Waals surface area (Å²) >= 11 is 0. The highest BCUT2D eigenvalue weighted by Crippen LogP contribution is 2.38. The Balaban J connectivity index is 1.87. The van der Waals surface area contributed by atoms with Gasteiger partial charge in [-0.05, 0) is 13.0 Å². The SMILES string of the molecule is COc1ncnc2c1ncn2[C@H](C)[C@](O)(Cn1cncn1)c1ccc(F)cc1F. The van der Waals surface area contributed by atoms with Crippen molar-refractivity contribution >= 4 is 11.2 Å². The monoisotopic (exact) mass is 401 g/mol. The maximum atomic E-state index is 14.7. The molecule has 0 bridgehead atoms. The Morgan fingerprint density at radius 1 is 1.17 bits per heavy atom. The first-order valence-corrected chi connectivity index (χ1v) is 8.66. The van der Waals surface area contributed by atoms with Crippen molar-refractivity contribution in [2.45, 2.75) is 25.1 Å². The van der Waals surface area contributed by atoms with E-state index >= 15 is 0 Å². The smallest absolute Gasteiger partial charge is 0.245 e. The van der Waals surface area contributed by atoms with E-state index in [4.69, 9.17) is 4.74 Å². The van der Waals surface area contributed by atoms with Crippen LogP contribution in [0.5, 0.6) is 5.88 Å². The number of aliphatic hydroxyl groups is 1. The fraction of sp³-hybridized carbons (Fsp3) is 0.278. The molecule has 0 radical (unpaired) electrons. The van der Waals surface area contributed by atoms with Gasteiger partial charge in [-0.15, -0.1) is 0 Å². The predicted molar refractivity (Wildman–Crippen MR) is 96.9 cm³/mol. The Morgan fingerprint density at radius 3 is 2.69 bits per heavy atom. The van der Waals surface area contributed by atoms with Gasteiger partial charge in [-0.2, -0.15) is 10.1 Å². The highest BCUT2D eigenvalue weighted by atomic mass is 19.1. The van der Waals surface area contributed by atoms with Crippen molar-refractivity contribution in [1.29, 1.82) is 0 Å². The van der Waals surface area contributed by atoms with Crippen LogP contribution in [-0.2, 0) is 12.1 Å². The molecular weight excluding hydrogens is 384 g/mol. The first-order chi connectivity index (χ1) is 13.9. The van der Waals surface area contributed by atoms with Gasteiger partial charge in [0, 0.05) is 11.6 Å². The highest BCUT2D eigenvalue weighted by Gasteiger charge is 2.41. The number of benzene rings is 1. The summed E-state index contributed by atoms with van der Waals surface area (Å²) in [4.78, 5) is 16.4. The van der Waals surface area contributed by atoms with Crippen molar-refractivity contribution in [3.63, 3.8) is 0 Å². The molecule has 0 fully saturated rings. The fourth-order valence-electron chi connectivity index (χ4n) is 3.34. The second kappa shape index (κ2) is 7.17. The number of hydrogen-bond acceptors (Lipinski definition) is 7. The van der Waals surface area contributed by atoms with Crippen molar-refractivity contribution in [2.75, 3.05) is 7.11 Å².